The lowest BCUT2D eigenvalue weighted by Crippen LogP contribution is -2.45. The number of hydrogen-bond acceptors (Lipinski definition) is 4. The molecule has 7 heteroatoms. The van der Waals surface area contributed by atoms with Crippen molar-refractivity contribution in [3.05, 3.63) is 65.2 Å². The zero-order valence-corrected chi connectivity index (χ0v) is 21.5. The van der Waals surface area contributed by atoms with Crippen LogP contribution < -0.4 is 9.47 Å². The molecule has 3 aliphatic rings. The van der Waals surface area contributed by atoms with Crippen LogP contribution in [0.1, 0.15) is 67.8 Å². The molecule has 2 fully saturated rings. The molecule has 198 valence electrons. The van der Waals surface area contributed by atoms with E-state index in [0.717, 1.165) is 43.0 Å². The number of benzene rings is 2. The zero-order valence-electron chi connectivity index (χ0n) is 21.5. The van der Waals surface area contributed by atoms with Crippen LogP contribution in [0.3, 0.4) is 0 Å². The van der Waals surface area contributed by atoms with Gasteiger partial charge in [-0.15, -0.1) is 8.78 Å². The van der Waals surface area contributed by atoms with Gasteiger partial charge in [0.05, 0.1) is 0 Å². The minimum atomic E-state index is -3.71. The molecule has 0 radical (unpaired) electrons. The summed E-state index contributed by atoms with van der Waals surface area (Å²) < 4.78 is 36.3. The van der Waals surface area contributed by atoms with Crippen LogP contribution in [-0.2, 0) is 0 Å². The predicted molar refractivity (Wildman–Crippen MR) is 140 cm³/mol. The Bertz CT molecular complexity index is 1120. The van der Waals surface area contributed by atoms with Crippen molar-refractivity contribution < 1.29 is 23.0 Å². The van der Waals surface area contributed by atoms with Crippen molar-refractivity contribution in [3.63, 3.8) is 0 Å². The molecule has 1 aliphatic carbocycles. The highest BCUT2D eigenvalue weighted by Crippen LogP contribution is 2.41. The van der Waals surface area contributed by atoms with Crippen LogP contribution in [0.25, 0.3) is 6.08 Å². The van der Waals surface area contributed by atoms with Gasteiger partial charge in [-0.2, -0.15) is 0 Å². The van der Waals surface area contributed by atoms with Crippen molar-refractivity contribution in [1.29, 1.82) is 0 Å². The average molecular weight is 511 g/mol. The molecule has 1 amide bonds. The van der Waals surface area contributed by atoms with E-state index in [1.165, 1.54) is 44.2 Å². The summed E-state index contributed by atoms with van der Waals surface area (Å²) in [5.74, 6) is 0.399. The second-order valence-corrected chi connectivity index (χ2v) is 10.7. The molecular weight excluding hydrogens is 474 g/mol. The Labute approximate surface area is 218 Å². The Morgan fingerprint density at radius 3 is 2.57 bits per heavy atom. The summed E-state index contributed by atoms with van der Waals surface area (Å²) >= 11 is 0. The second kappa shape index (κ2) is 11.2. The minimum absolute atomic E-state index is 0.0531. The fraction of sp³-hybridized carbons (Fsp3) is 0.500. The van der Waals surface area contributed by atoms with Gasteiger partial charge in [-0.3, -0.25) is 9.69 Å². The lowest BCUT2D eigenvalue weighted by atomic mass is 9.89. The number of halogens is 2. The van der Waals surface area contributed by atoms with E-state index in [9.17, 15) is 13.6 Å². The van der Waals surface area contributed by atoms with Gasteiger partial charge in [-0.05, 0) is 68.8 Å². The molecule has 2 aromatic rings. The fourth-order valence-electron chi connectivity index (χ4n) is 5.96. The first-order valence-electron chi connectivity index (χ1n) is 13.5. The van der Waals surface area contributed by atoms with Crippen molar-refractivity contribution in [2.75, 3.05) is 26.2 Å². The Morgan fingerprint density at radius 1 is 1.03 bits per heavy atom. The lowest BCUT2D eigenvalue weighted by Gasteiger charge is -2.34. The summed E-state index contributed by atoms with van der Waals surface area (Å²) in [5, 5.41) is 0. The molecule has 0 aromatic heterocycles. The van der Waals surface area contributed by atoms with Gasteiger partial charge in [-0.1, -0.05) is 61.2 Å². The third kappa shape index (κ3) is 6.50. The number of likely N-dealkylation sites (tertiary alicyclic amines) is 1. The Hall–Kier alpha value is -2.93. The van der Waals surface area contributed by atoms with Crippen molar-refractivity contribution in [3.8, 4) is 11.5 Å². The number of fused-ring (bicyclic) bond motifs is 1. The third-order valence-electron chi connectivity index (χ3n) is 7.74. The minimum Gasteiger partial charge on any atom is -0.395 e. The SMILES string of the molecule is CC(=Cc1ccccc1)CN(C[C@@H]1CCCN1CC1CCCCC1)C(=O)c1ccc2c(c1)OC(F)(F)O2. The first-order chi connectivity index (χ1) is 17.9. The molecule has 2 aliphatic heterocycles. The standard InChI is InChI=1S/C30H36F2N2O3/c1-22(17-23-9-4-2-5-10-23)19-34(21-26-13-8-16-33(26)20-24-11-6-3-7-12-24)29(35)25-14-15-27-28(18-25)37-30(31,32)36-27/h2,4-5,9-10,14-15,17-18,24,26H,3,6-8,11-13,16,19-21H2,1H3/t26-/m0/s1. The highest BCUT2D eigenvalue weighted by Gasteiger charge is 2.43. The highest BCUT2D eigenvalue weighted by molar-refractivity contribution is 5.95. The molecule has 0 bridgehead atoms. The van der Waals surface area contributed by atoms with E-state index in [0.29, 0.717) is 24.7 Å². The maximum Gasteiger partial charge on any atom is 0.586 e. The number of rotatable bonds is 8. The Morgan fingerprint density at radius 2 is 1.78 bits per heavy atom. The van der Waals surface area contributed by atoms with Gasteiger partial charge in [0.1, 0.15) is 0 Å². The monoisotopic (exact) mass is 510 g/mol. The molecule has 1 atom stereocenters. The molecule has 0 spiro atoms. The van der Waals surface area contributed by atoms with E-state index in [1.54, 1.807) is 6.07 Å². The van der Waals surface area contributed by atoms with Crippen molar-refractivity contribution in [2.45, 2.75) is 64.2 Å². The molecule has 2 heterocycles. The van der Waals surface area contributed by atoms with Crippen molar-refractivity contribution in [2.24, 2.45) is 5.92 Å². The van der Waals surface area contributed by atoms with E-state index in [4.69, 9.17) is 0 Å². The number of amides is 1. The zero-order chi connectivity index (χ0) is 25.8. The summed E-state index contributed by atoms with van der Waals surface area (Å²) in [6.45, 7) is 5.27. The van der Waals surface area contributed by atoms with Gasteiger partial charge in [0, 0.05) is 31.2 Å². The molecule has 37 heavy (non-hydrogen) atoms. The van der Waals surface area contributed by atoms with E-state index < -0.39 is 6.29 Å². The van der Waals surface area contributed by atoms with Crippen LogP contribution >= 0.6 is 0 Å². The Balaban J connectivity index is 1.35. The van der Waals surface area contributed by atoms with Gasteiger partial charge in [0.25, 0.3) is 5.91 Å². The van der Waals surface area contributed by atoms with Gasteiger partial charge >= 0.3 is 6.29 Å². The normalized spacial score (nSPS) is 21.8. The van der Waals surface area contributed by atoms with Crippen molar-refractivity contribution >= 4 is 12.0 Å². The topological polar surface area (TPSA) is 42.0 Å². The number of alkyl halides is 2. The van der Waals surface area contributed by atoms with Crippen LogP contribution in [0.2, 0.25) is 0 Å². The lowest BCUT2D eigenvalue weighted by molar-refractivity contribution is -0.286. The molecule has 1 saturated carbocycles. The molecule has 1 saturated heterocycles. The predicted octanol–water partition coefficient (Wildman–Crippen LogP) is 6.60. The number of ether oxygens (including phenoxy) is 2. The summed E-state index contributed by atoms with van der Waals surface area (Å²) in [7, 11) is 0. The summed E-state index contributed by atoms with van der Waals surface area (Å²) in [6.07, 6.45) is 7.16. The summed E-state index contributed by atoms with van der Waals surface area (Å²) in [4.78, 5) is 18.2. The molecule has 5 rings (SSSR count). The fourth-order valence-corrected chi connectivity index (χ4v) is 5.96. The molecular formula is C30H36F2N2O3. The smallest absolute Gasteiger partial charge is 0.395 e. The van der Waals surface area contributed by atoms with E-state index in [1.807, 2.05) is 42.2 Å². The van der Waals surface area contributed by atoms with E-state index in [2.05, 4.69) is 20.4 Å². The van der Waals surface area contributed by atoms with Crippen LogP contribution in [0.4, 0.5) is 8.78 Å². The highest BCUT2D eigenvalue weighted by atomic mass is 19.3. The average Bonchev–Trinajstić information content (AvgIpc) is 3.45. The van der Waals surface area contributed by atoms with Gasteiger partial charge < -0.3 is 14.4 Å². The largest absolute Gasteiger partial charge is 0.586 e. The quantitative estimate of drug-likeness (QED) is 0.401. The second-order valence-electron chi connectivity index (χ2n) is 10.7. The van der Waals surface area contributed by atoms with Crippen molar-refractivity contribution in [1.82, 2.24) is 9.80 Å². The Kier molecular flexibility index (Phi) is 7.79. The van der Waals surface area contributed by atoms with Gasteiger partial charge in [-0.25, -0.2) is 0 Å². The van der Waals surface area contributed by atoms with Crippen LogP contribution in [0.15, 0.2) is 54.1 Å². The number of carbonyl (C=O) groups is 1. The number of nitrogens with zero attached hydrogens (tertiary/aromatic N) is 2. The maximum atomic E-state index is 13.8. The third-order valence-corrected chi connectivity index (χ3v) is 7.74. The first-order valence-corrected chi connectivity index (χ1v) is 13.5. The van der Waals surface area contributed by atoms with Crippen LogP contribution in [0.5, 0.6) is 11.5 Å². The van der Waals surface area contributed by atoms with E-state index >= 15 is 0 Å². The van der Waals surface area contributed by atoms with Gasteiger partial charge in [0.2, 0.25) is 0 Å². The summed E-state index contributed by atoms with van der Waals surface area (Å²) in [6, 6.07) is 14.6. The van der Waals surface area contributed by atoms with Crippen LogP contribution in [-0.4, -0.2) is 54.2 Å². The van der Waals surface area contributed by atoms with E-state index in [-0.39, 0.29) is 17.4 Å². The van der Waals surface area contributed by atoms with Gasteiger partial charge in [0.15, 0.2) is 11.5 Å². The maximum absolute atomic E-state index is 13.8. The molecule has 5 nitrogen and oxygen atoms in total. The summed E-state index contributed by atoms with van der Waals surface area (Å²) in [5.41, 5.74) is 2.46. The first kappa shape index (κ1) is 25.7. The van der Waals surface area contributed by atoms with Crippen LogP contribution in [0, 0.1) is 5.92 Å². The number of carbonyl (C=O) groups excluding carboxylic acids is 1. The molecule has 2 aromatic carbocycles. The number of hydrogen-bond donors (Lipinski definition) is 0. The molecule has 0 unspecified atom stereocenters. The molecule has 0 N–H and O–H groups in total.